The molecule has 0 fully saturated rings. The maximum absolute atomic E-state index is 6.39. The predicted octanol–water partition coefficient (Wildman–Crippen LogP) is 4.88. The van der Waals surface area contributed by atoms with Gasteiger partial charge in [-0.05, 0) is 124 Å². The van der Waals surface area contributed by atoms with Crippen molar-refractivity contribution in [2.24, 2.45) is 5.41 Å². The van der Waals surface area contributed by atoms with Crippen molar-refractivity contribution < 1.29 is 4.43 Å². The summed E-state index contributed by atoms with van der Waals surface area (Å²) in [7, 11) is 6.33. The molecular weight excluding hydrogens is 386 g/mol. The number of hydrogen-bond acceptors (Lipinski definition) is 4. The van der Waals surface area contributed by atoms with Crippen molar-refractivity contribution in [3.8, 4) is 0 Å². The van der Waals surface area contributed by atoms with Crippen LogP contribution in [-0.2, 0) is 4.43 Å². The average molecular weight is 444 g/mol. The Hall–Kier alpha value is 0.0569. The first-order valence-electron chi connectivity index (χ1n) is 13.0. The predicted molar refractivity (Wildman–Crippen MR) is 138 cm³/mol. The first kappa shape index (κ1) is 30.1. The van der Waals surface area contributed by atoms with Crippen LogP contribution < -0.4 is 0 Å². The number of hydrogen-bond donors (Lipinski definition) is 0. The van der Waals surface area contributed by atoms with E-state index in [9.17, 15) is 0 Å². The summed E-state index contributed by atoms with van der Waals surface area (Å²) >= 11 is 0. The topological polar surface area (TPSA) is 19.0 Å². The largest absolute Gasteiger partial charge is 0.421 e. The van der Waals surface area contributed by atoms with Crippen LogP contribution in [0.3, 0.4) is 0 Å². The molecule has 0 saturated carbocycles. The lowest BCUT2D eigenvalue weighted by Crippen LogP contribution is -2.30. The highest BCUT2D eigenvalue weighted by Gasteiger charge is 2.29. The molecule has 0 N–H and O–H groups in total. The third-order valence-corrected chi connectivity index (χ3v) is 9.16. The molecule has 30 heavy (non-hydrogen) atoms. The molecule has 0 aliphatic carbocycles. The minimum Gasteiger partial charge on any atom is -0.421 e. The van der Waals surface area contributed by atoms with Crippen LogP contribution in [-0.4, -0.2) is 91.0 Å². The van der Waals surface area contributed by atoms with Crippen LogP contribution in [0.25, 0.3) is 0 Å². The van der Waals surface area contributed by atoms with E-state index in [1.807, 2.05) is 0 Å². The zero-order chi connectivity index (χ0) is 22.8. The summed E-state index contributed by atoms with van der Waals surface area (Å²) in [5, 5.41) is 0. The zero-order valence-electron chi connectivity index (χ0n) is 22.1. The Labute approximate surface area is 193 Å². The summed E-state index contributed by atoms with van der Waals surface area (Å²) in [5.74, 6) is 0. The monoisotopic (exact) mass is 443 g/mol. The van der Waals surface area contributed by atoms with Gasteiger partial charge in [0, 0.05) is 6.10 Å². The molecule has 0 heterocycles. The molecule has 0 spiro atoms. The molecule has 4 nitrogen and oxygen atoms in total. The molecule has 0 saturated heterocycles. The van der Waals surface area contributed by atoms with Gasteiger partial charge in [0.05, 0.1) is 0 Å². The van der Waals surface area contributed by atoms with Crippen molar-refractivity contribution >= 4 is 9.76 Å². The lowest BCUT2D eigenvalue weighted by atomic mass is 9.76. The molecule has 182 valence electrons. The summed E-state index contributed by atoms with van der Waals surface area (Å²) in [4.78, 5) is 7.41. The van der Waals surface area contributed by atoms with Gasteiger partial charge in [0.15, 0.2) is 9.76 Å². The lowest BCUT2D eigenvalue weighted by Gasteiger charge is -2.36. The van der Waals surface area contributed by atoms with E-state index in [1.165, 1.54) is 77.0 Å². The van der Waals surface area contributed by atoms with Crippen LogP contribution >= 0.6 is 0 Å². The van der Waals surface area contributed by atoms with E-state index in [2.05, 4.69) is 70.5 Å². The SMILES string of the molecule is CCCC(C)O[SiH2]CC(CCCN(C)CC)(CCCN(C)CC)CCCN(C)CC. The highest BCUT2D eigenvalue weighted by molar-refractivity contribution is 6.27. The molecule has 0 aromatic heterocycles. The molecule has 0 radical (unpaired) electrons. The third-order valence-electron chi connectivity index (χ3n) is 7.09. The van der Waals surface area contributed by atoms with Gasteiger partial charge in [0.2, 0.25) is 0 Å². The van der Waals surface area contributed by atoms with Gasteiger partial charge in [-0.25, -0.2) is 0 Å². The minimum atomic E-state index is -0.459. The van der Waals surface area contributed by atoms with Crippen molar-refractivity contribution in [3.63, 3.8) is 0 Å². The molecule has 0 aromatic carbocycles. The Kier molecular flexibility index (Phi) is 18.6. The molecule has 1 atom stereocenters. The van der Waals surface area contributed by atoms with E-state index >= 15 is 0 Å². The summed E-state index contributed by atoms with van der Waals surface area (Å²) in [6.45, 7) is 18.5. The van der Waals surface area contributed by atoms with Crippen molar-refractivity contribution in [1.29, 1.82) is 0 Å². The van der Waals surface area contributed by atoms with Crippen molar-refractivity contribution in [1.82, 2.24) is 14.7 Å². The van der Waals surface area contributed by atoms with Crippen molar-refractivity contribution in [2.45, 2.75) is 98.1 Å². The molecule has 5 heteroatoms. The van der Waals surface area contributed by atoms with Crippen LogP contribution in [0.5, 0.6) is 0 Å². The Morgan fingerprint density at radius 1 is 0.733 bits per heavy atom. The summed E-state index contributed by atoms with van der Waals surface area (Å²) in [6, 6.07) is 1.36. The molecule has 0 aliphatic rings. The highest BCUT2D eigenvalue weighted by Crippen LogP contribution is 2.39. The van der Waals surface area contributed by atoms with Crippen LogP contribution in [0, 0.1) is 5.41 Å². The van der Waals surface area contributed by atoms with Crippen molar-refractivity contribution in [3.05, 3.63) is 0 Å². The maximum Gasteiger partial charge on any atom is 0.162 e. The Bertz CT molecular complexity index is 343. The van der Waals surface area contributed by atoms with Gasteiger partial charge >= 0.3 is 0 Å². The first-order valence-corrected chi connectivity index (χ1v) is 14.6. The molecular formula is C25H57N3OSi. The van der Waals surface area contributed by atoms with E-state index in [1.54, 1.807) is 0 Å². The molecule has 0 bridgehead atoms. The fourth-order valence-corrected chi connectivity index (χ4v) is 6.23. The third kappa shape index (κ3) is 15.0. The lowest BCUT2D eigenvalue weighted by molar-refractivity contribution is 0.174. The average Bonchev–Trinajstić information content (AvgIpc) is 2.73. The Morgan fingerprint density at radius 2 is 1.13 bits per heavy atom. The van der Waals surface area contributed by atoms with Crippen LogP contribution in [0.15, 0.2) is 0 Å². The van der Waals surface area contributed by atoms with E-state index < -0.39 is 9.76 Å². The number of rotatable bonds is 21. The van der Waals surface area contributed by atoms with Gasteiger partial charge in [0.25, 0.3) is 0 Å². The van der Waals surface area contributed by atoms with Crippen LogP contribution in [0.2, 0.25) is 6.04 Å². The fourth-order valence-electron chi connectivity index (χ4n) is 4.36. The smallest absolute Gasteiger partial charge is 0.162 e. The van der Waals surface area contributed by atoms with E-state index in [0.29, 0.717) is 11.5 Å². The van der Waals surface area contributed by atoms with Crippen molar-refractivity contribution in [2.75, 3.05) is 60.4 Å². The maximum atomic E-state index is 6.39. The molecule has 0 amide bonds. The Morgan fingerprint density at radius 3 is 1.47 bits per heavy atom. The standard InChI is InChI=1S/C25H57N3OSi/c1-9-16-24(5)29-30-23-25(17-13-20-26(6)10-2,18-14-21-27(7)11-3)19-15-22-28(8)12-4/h24H,9-23,30H2,1-8H3. The molecule has 0 aliphatic heterocycles. The second kappa shape index (κ2) is 18.6. The minimum absolute atomic E-state index is 0.459. The van der Waals surface area contributed by atoms with E-state index in [4.69, 9.17) is 4.43 Å². The van der Waals surface area contributed by atoms with E-state index in [0.717, 1.165) is 19.6 Å². The quantitative estimate of drug-likeness (QED) is 0.235. The second-order valence-corrected chi connectivity index (χ2v) is 11.0. The Balaban J connectivity index is 5.07. The second-order valence-electron chi connectivity index (χ2n) is 9.72. The van der Waals surface area contributed by atoms with Gasteiger partial charge < -0.3 is 19.1 Å². The van der Waals surface area contributed by atoms with Crippen LogP contribution in [0.1, 0.15) is 86.0 Å². The molecule has 1 unspecified atom stereocenters. The van der Waals surface area contributed by atoms with Gasteiger partial charge in [-0.15, -0.1) is 0 Å². The van der Waals surface area contributed by atoms with Gasteiger partial charge in [-0.3, -0.25) is 0 Å². The fraction of sp³-hybridized carbons (Fsp3) is 1.00. The zero-order valence-corrected chi connectivity index (χ0v) is 23.6. The highest BCUT2D eigenvalue weighted by atomic mass is 28.2. The van der Waals surface area contributed by atoms with Gasteiger partial charge in [-0.2, -0.15) is 0 Å². The van der Waals surface area contributed by atoms with Gasteiger partial charge in [0.1, 0.15) is 0 Å². The summed E-state index contributed by atoms with van der Waals surface area (Å²) < 4.78 is 6.39. The molecule has 0 rings (SSSR count). The van der Waals surface area contributed by atoms with Crippen LogP contribution in [0.4, 0.5) is 0 Å². The molecule has 0 aromatic rings. The summed E-state index contributed by atoms with van der Waals surface area (Å²) in [5.41, 5.74) is 0.496. The number of nitrogens with zero attached hydrogens (tertiary/aromatic N) is 3. The van der Waals surface area contributed by atoms with Gasteiger partial charge in [-0.1, -0.05) is 34.1 Å². The summed E-state index contributed by atoms with van der Waals surface area (Å²) in [6.07, 6.45) is 11.0. The van der Waals surface area contributed by atoms with E-state index in [-0.39, 0.29) is 0 Å². The first-order chi connectivity index (χ1) is 14.3. The normalized spacial score (nSPS) is 14.1.